The van der Waals surface area contributed by atoms with Gasteiger partial charge < -0.3 is 19.9 Å². The molecule has 1 unspecified atom stereocenters. The summed E-state index contributed by atoms with van der Waals surface area (Å²) < 4.78 is 33.8. The van der Waals surface area contributed by atoms with Crippen LogP contribution in [-0.2, 0) is 27.0 Å². The lowest BCUT2D eigenvalue weighted by atomic mass is 9.64. The highest BCUT2D eigenvalue weighted by Crippen LogP contribution is 2.43. The Kier molecular flexibility index (Phi) is 10.8. The van der Waals surface area contributed by atoms with E-state index in [4.69, 9.17) is 4.74 Å². The van der Waals surface area contributed by atoms with E-state index in [0.717, 1.165) is 63.2 Å². The van der Waals surface area contributed by atoms with Crippen LogP contribution < -0.4 is 10.2 Å². The van der Waals surface area contributed by atoms with Crippen LogP contribution in [-0.4, -0.2) is 75.1 Å². The van der Waals surface area contributed by atoms with Crippen molar-refractivity contribution in [3.05, 3.63) is 70.8 Å². The van der Waals surface area contributed by atoms with Gasteiger partial charge in [-0.1, -0.05) is 43.7 Å². The highest BCUT2D eigenvalue weighted by atomic mass is 79.9. The monoisotopic (exact) mass is 710 g/mol. The first kappa shape index (κ1) is 33.9. The Morgan fingerprint density at radius 1 is 1.15 bits per heavy atom. The number of rotatable bonds is 12. The van der Waals surface area contributed by atoms with Crippen LogP contribution in [0.2, 0.25) is 0 Å². The Morgan fingerprint density at radius 2 is 1.83 bits per heavy atom. The standard InChI is InChI=1S/C34H43BrN6O4S/c1-4-8-29(45-33(42)37-2)19-34(24-36,26-9-6-5-7-10-26)27-15-17-40(18-16-27)20-25-21-41(22-25)28-11-13-30(14-12-28)46(43,44)32-31(35)23-39(3)38-32/h5-7,9-14,23,25,27,29H,4,8,15-22H2,1-3H3,(H,37,42)/t29-,34?/m1/s1. The van der Waals surface area contributed by atoms with Crippen LogP contribution in [0.25, 0.3) is 0 Å². The molecule has 46 heavy (non-hydrogen) atoms. The first-order chi connectivity index (χ1) is 22.1. The van der Waals surface area contributed by atoms with Crippen molar-refractivity contribution >= 4 is 37.5 Å². The Hall–Kier alpha value is -3.40. The highest BCUT2D eigenvalue weighted by molar-refractivity contribution is 9.10. The second-order valence-corrected chi connectivity index (χ2v) is 15.2. The molecule has 5 rings (SSSR count). The van der Waals surface area contributed by atoms with E-state index in [0.29, 0.717) is 23.2 Å². The fourth-order valence-corrected chi connectivity index (χ4v) is 9.27. The predicted octanol–water partition coefficient (Wildman–Crippen LogP) is 5.54. The maximum absolute atomic E-state index is 13.1. The SMILES string of the molecule is CCC[C@H](CC(C#N)(c1ccccc1)C1CCN(CC2CN(c3ccc(S(=O)(=O)c4nn(C)cc4Br)cc3)C2)CC1)OC(=O)NC. The van der Waals surface area contributed by atoms with Crippen molar-refractivity contribution < 1.29 is 17.9 Å². The summed E-state index contributed by atoms with van der Waals surface area (Å²) >= 11 is 3.30. The summed E-state index contributed by atoms with van der Waals surface area (Å²) in [4.78, 5) is 17.2. The lowest BCUT2D eigenvalue weighted by molar-refractivity contribution is 0.0578. The van der Waals surface area contributed by atoms with Gasteiger partial charge in [0.1, 0.15) is 6.10 Å². The number of halogens is 1. The number of carbonyl (C=O) groups is 1. The molecule has 1 N–H and O–H groups in total. The number of sulfone groups is 1. The minimum absolute atomic E-state index is 0.0179. The Morgan fingerprint density at radius 3 is 2.39 bits per heavy atom. The van der Waals surface area contributed by atoms with Crippen LogP contribution in [0.15, 0.2) is 75.2 Å². The molecule has 1 aromatic heterocycles. The zero-order valence-electron chi connectivity index (χ0n) is 26.7. The fourth-order valence-electron chi connectivity index (χ4n) is 6.99. The number of nitrogens with one attached hydrogen (secondary N) is 1. The number of benzene rings is 2. The lowest BCUT2D eigenvalue weighted by Crippen LogP contribution is -2.53. The second-order valence-electron chi connectivity index (χ2n) is 12.5. The molecule has 2 aliphatic heterocycles. The van der Waals surface area contributed by atoms with Gasteiger partial charge in [-0.3, -0.25) is 4.68 Å². The number of nitrogens with zero attached hydrogens (tertiary/aromatic N) is 5. The average Bonchev–Trinajstić information content (AvgIpc) is 3.40. The molecule has 3 heterocycles. The first-order valence-electron chi connectivity index (χ1n) is 16.0. The summed E-state index contributed by atoms with van der Waals surface area (Å²) in [6, 6.07) is 19.8. The molecule has 12 heteroatoms. The number of alkyl carbamates (subject to hydrolysis) is 1. The molecule has 0 saturated carbocycles. The van der Waals surface area contributed by atoms with Gasteiger partial charge in [-0.05, 0) is 84.0 Å². The van der Waals surface area contributed by atoms with Crippen LogP contribution in [0.4, 0.5) is 10.5 Å². The molecule has 0 aliphatic carbocycles. The van der Waals surface area contributed by atoms with Crippen LogP contribution in [0, 0.1) is 23.2 Å². The predicted molar refractivity (Wildman–Crippen MR) is 180 cm³/mol. The van der Waals surface area contributed by atoms with E-state index in [9.17, 15) is 18.5 Å². The average molecular weight is 712 g/mol. The van der Waals surface area contributed by atoms with E-state index in [1.807, 2.05) is 42.5 Å². The largest absolute Gasteiger partial charge is 0.446 e. The third-order valence-corrected chi connectivity index (χ3v) is 12.0. The van der Waals surface area contributed by atoms with Crippen molar-refractivity contribution in [3.8, 4) is 6.07 Å². The van der Waals surface area contributed by atoms with Crippen molar-refractivity contribution in [2.45, 2.75) is 60.5 Å². The van der Waals surface area contributed by atoms with Gasteiger partial charge in [0.15, 0.2) is 5.03 Å². The van der Waals surface area contributed by atoms with E-state index in [1.165, 1.54) is 4.68 Å². The molecule has 2 saturated heterocycles. The molecule has 2 atom stereocenters. The zero-order chi connectivity index (χ0) is 32.9. The van der Waals surface area contributed by atoms with E-state index < -0.39 is 21.3 Å². The molecule has 0 spiro atoms. The molecule has 0 bridgehead atoms. The van der Waals surface area contributed by atoms with Crippen molar-refractivity contribution in [2.24, 2.45) is 18.9 Å². The molecular weight excluding hydrogens is 668 g/mol. The van der Waals surface area contributed by atoms with Gasteiger partial charge in [0, 0.05) is 58.0 Å². The number of aryl methyl sites for hydroxylation is 1. The summed E-state index contributed by atoms with van der Waals surface area (Å²) in [6.45, 7) is 6.73. The molecular formula is C34H43BrN6O4S. The van der Waals surface area contributed by atoms with Crippen LogP contribution in [0.5, 0.6) is 0 Å². The maximum Gasteiger partial charge on any atom is 0.407 e. The summed E-state index contributed by atoms with van der Waals surface area (Å²) in [7, 11) is -0.461. The Bertz CT molecular complexity index is 1630. The number of anilines is 1. The molecule has 10 nitrogen and oxygen atoms in total. The van der Waals surface area contributed by atoms with Gasteiger partial charge in [0.05, 0.1) is 20.9 Å². The molecule has 2 aromatic carbocycles. The fraction of sp³-hybridized carbons (Fsp3) is 0.500. The Labute approximate surface area is 280 Å². The molecule has 1 amide bonds. The van der Waals surface area contributed by atoms with Crippen molar-refractivity contribution in [3.63, 3.8) is 0 Å². The molecule has 3 aromatic rings. The van der Waals surface area contributed by atoms with Crippen LogP contribution in [0.1, 0.15) is 44.6 Å². The number of piperidine rings is 1. The summed E-state index contributed by atoms with van der Waals surface area (Å²) in [5.74, 6) is 0.678. The topological polar surface area (TPSA) is 121 Å². The quantitative estimate of drug-likeness (QED) is 0.260. The summed E-state index contributed by atoms with van der Waals surface area (Å²) in [6.07, 6.45) is 4.69. The normalized spacial score (nSPS) is 18.3. The molecule has 246 valence electrons. The van der Waals surface area contributed by atoms with Crippen LogP contribution >= 0.6 is 15.9 Å². The number of amides is 1. The number of ether oxygens (including phenoxy) is 1. The van der Waals surface area contributed by atoms with E-state index >= 15 is 0 Å². The van der Waals surface area contributed by atoms with E-state index in [1.54, 1.807) is 32.4 Å². The third-order valence-electron chi connectivity index (χ3n) is 9.40. The van der Waals surface area contributed by atoms with Crippen molar-refractivity contribution in [2.75, 3.05) is 44.7 Å². The second kappa shape index (κ2) is 14.6. The van der Waals surface area contributed by atoms with Crippen LogP contribution in [0.3, 0.4) is 0 Å². The van der Waals surface area contributed by atoms with Gasteiger partial charge in [-0.25, -0.2) is 13.2 Å². The van der Waals surface area contributed by atoms with Crippen molar-refractivity contribution in [1.29, 1.82) is 5.26 Å². The zero-order valence-corrected chi connectivity index (χ0v) is 29.1. The number of hydrogen-bond donors (Lipinski definition) is 1. The molecule has 2 fully saturated rings. The third kappa shape index (κ3) is 7.27. The number of aromatic nitrogens is 2. The number of likely N-dealkylation sites (tertiary alicyclic amines) is 1. The minimum Gasteiger partial charge on any atom is -0.446 e. The van der Waals surface area contributed by atoms with Gasteiger partial charge in [-0.2, -0.15) is 10.4 Å². The number of carbonyl (C=O) groups excluding carboxylic acids is 1. The molecule has 0 radical (unpaired) electrons. The van der Waals surface area contributed by atoms with Gasteiger partial charge >= 0.3 is 6.09 Å². The lowest BCUT2D eigenvalue weighted by Gasteiger charge is -2.46. The van der Waals surface area contributed by atoms with Crippen molar-refractivity contribution in [1.82, 2.24) is 20.0 Å². The number of hydrogen-bond acceptors (Lipinski definition) is 8. The maximum atomic E-state index is 13.1. The highest BCUT2D eigenvalue weighted by Gasteiger charge is 2.45. The van der Waals surface area contributed by atoms with E-state index in [2.05, 4.69) is 49.1 Å². The molecule has 2 aliphatic rings. The van der Waals surface area contributed by atoms with E-state index in [-0.39, 0.29) is 21.9 Å². The minimum atomic E-state index is -3.71. The summed E-state index contributed by atoms with van der Waals surface area (Å²) in [5.41, 5.74) is 1.27. The van der Waals surface area contributed by atoms with Gasteiger partial charge in [0.2, 0.25) is 9.84 Å². The smallest absolute Gasteiger partial charge is 0.407 e. The van der Waals surface area contributed by atoms with Gasteiger partial charge in [-0.15, -0.1) is 0 Å². The first-order valence-corrected chi connectivity index (χ1v) is 18.2. The number of nitriles is 1. The summed E-state index contributed by atoms with van der Waals surface area (Å²) in [5, 5.41) is 17.4. The Balaban J connectivity index is 1.18. The van der Waals surface area contributed by atoms with Gasteiger partial charge in [0.25, 0.3) is 0 Å².